The van der Waals surface area contributed by atoms with Crippen LogP contribution in [-0.4, -0.2) is 17.9 Å². The van der Waals surface area contributed by atoms with Gasteiger partial charge in [-0.3, -0.25) is 9.59 Å². The van der Waals surface area contributed by atoms with Crippen LogP contribution in [0.25, 0.3) is 0 Å². The summed E-state index contributed by atoms with van der Waals surface area (Å²) in [7, 11) is 0. The van der Waals surface area contributed by atoms with E-state index in [0.717, 1.165) is 24.2 Å². The van der Waals surface area contributed by atoms with Gasteiger partial charge in [-0.1, -0.05) is 6.07 Å². The Kier molecular flexibility index (Phi) is 5.18. The molecule has 3 rings (SSSR count). The summed E-state index contributed by atoms with van der Waals surface area (Å²) in [6, 6.07) is 15.6. The first-order chi connectivity index (χ1) is 12.5. The molecule has 26 heavy (non-hydrogen) atoms. The lowest BCUT2D eigenvalue weighted by molar-refractivity contribution is -0.117. The van der Waals surface area contributed by atoms with Crippen molar-refractivity contribution in [3.8, 4) is 6.07 Å². The van der Waals surface area contributed by atoms with Crippen LogP contribution in [0.1, 0.15) is 25.3 Å². The van der Waals surface area contributed by atoms with Gasteiger partial charge in [-0.2, -0.15) is 5.26 Å². The molecule has 1 fully saturated rings. The zero-order valence-corrected chi connectivity index (χ0v) is 14.5. The van der Waals surface area contributed by atoms with Crippen molar-refractivity contribution in [2.45, 2.75) is 25.8 Å². The third-order valence-corrected chi connectivity index (χ3v) is 4.14. The third kappa shape index (κ3) is 4.61. The Bertz CT molecular complexity index is 851. The highest BCUT2D eigenvalue weighted by molar-refractivity contribution is 5.96. The molecule has 0 radical (unpaired) electrons. The Labute approximate surface area is 152 Å². The number of rotatable bonds is 6. The molecule has 0 aliphatic heterocycles. The topological polar surface area (TPSA) is 94.0 Å². The second-order valence-electron chi connectivity index (χ2n) is 6.39. The number of anilines is 3. The van der Waals surface area contributed by atoms with E-state index >= 15 is 0 Å². The summed E-state index contributed by atoms with van der Waals surface area (Å²) in [6.07, 6.45) is 1.94. The van der Waals surface area contributed by atoms with Gasteiger partial charge in [0.2, 0.25) is 11.8 Å². The number of hydrogen-bond acceptors (Lipinski definition) is 4. The van der Waals surface area contributed by atoms with Crippen molar-refractivity contribution in [1.29, 1.82) is 5.26 Å². The maximum atomic E-state index is 12.3. The predicted octanol–water partition coefficient (Wildman–Crippen LogP) is 3.35. The molecule has 0 heterocycles. The van der Waals surface area contributed by atoms with E-state index in [-0.39, 0.29) is 17.7 Å². The first-order valence-corrected chi connectivity index (χ1v) is 8.53. The second kappa shape index (κ2) is 7.70. The summed E-state index contributed by atoms with van der Waals surface area (Å²) in [6.45, 7) is 1.76. The van der Waals surface area contributed by atoms with Gasteiger partial charge in [0, 0.05) is 23.0 Å². The van der Waals surface area contributed by atoms with Gasteiger partial charge in [-0.15, -0.1) is 0 Å². The fourth-order valence-corrected chi connectivity index (χ4v) is 2.47. The van der Waals surface area contributed by atoms with Gasteiger partial charge in [-0.25, -0.2) is 0 Å². The fourth-order valence-electron chi connectivity index (χ4n) is 2.47. The lowest BCUT2D eigenvalue weighted by Crippen LogP contribution is -2.31. The lowest BCUT2D eigenvalue weighted by atomic mass is 10.2. The van der Waals surface area contributed by atoms with Crippen LogP contribution in [-0.2, 0) is 9.59 Å². The summed E-state index contributed by atoms with van der Waals surface area (Å²) < 4.78 is 0. The maximum Gasteiger partial charge on any atom is 0.246 e. The summed E-state index contributed by atoms with van der Waals surface area (Å²) in [5.74, 6) is 0.0281. The summed E-state index contributed by atoms with van der Waals surface area (Å²) in [5.41, 5.74) is 2.61. The average Bonchev–Trinajstić information content (AvgIpc) is 3.48. The Morgan fingerprint density at radius 3 is 2.38 bits per heavy atom. The first kappa shape index (κ1) is 17.5. The zero-order chi connectivity index (χ0) is 18.5. The van der Waals surface area contributed by atoms with Gasteiger partial charge < -0.3 is 16.0 Å². The number of carbonyl (C=O) groups is 2. The molecule has 1 atom stereocenters. The monoisotopic (exact) mass is 348 g/mol. The zero-order valence-electron chi connectivity index (χ0n) is 14.5. The molecule has 1 aliphatic carbocycles. The highest BCUT2D eigenvalue weighted by Gasteiger charge is 2.29. The first-order valence-electron chi connectivity index (χ1n) is 8.53. The maximum absolute atomic E-state index is 12.3. The van der Waals surface area contributed by atoms with E-state index < -0.39 is 6.04 Å². The fraction of sp³-hybridized carbons (Fsp3) is 0.250. The van der Waals surface area contributed by atoms with E-state index in [4.69, 9.17) is 5.26 Å². The molecule has 0 saturated heterocycles. The van der Waals surface area contributed by atoms with Gasteiger partial charge in [-0.05, 0) is 62.2 Å². The number of hydrogen-bond donors (Lipinski definition) is 3. The van der Waals surface area contributed by atoms with Crippen LogP contribution < -0.4 is 16.0 Å². The molecule has 2 amide bonds. The largest absolute Gasteiger partial charge is 0.374 e. The van der Waals surface area contributed by atoms with Crippen LogP contribution in [0.2, 0.25) is 0 Å². The third-order valence-electron chi connectivity index (χ3n) is 4.14. The molecule has 0 aromatic heterocycles. The van der Waals surface area contributed by atoms with Crippen LogP contribution in [0.4, 0.5) is 17.1 Å². The molecule has 3 N–H and O–H groups in total. The summed E-state index contributed by atoms with van der Waals surface area (Å²) >= 11 is 0. The number of amides is 2. The van der Waals surface area contributed by atoms with E-state index in [1.807, 2.05) is 30.3 Å². The molecule has 1 saturated carbocycles. The van der Waals surface area contributed by atoms with E-state index in [2.05, 4.69) is 16.0 Å². The molecule has 1 aliphatic rings. The van der Waals surface area contributed by atoms with E-state index in [1.54, 1.807) is 31.2 Å². The van der Waals surface area contributed by atoms with Crippen molar-refractivity contribution in [2.24, 2.45) is 5.92 Å². The normalized spacial score (nSPS) is 14.0. The van der Waals surface area contributed by atoms with Gasteiger partial charge in [0.15, 0.2) is 0 Å². The van der Waals surface area contributed by atoms with Crippen molar-refractivity contribution < 1.29 is 9.59 Å². The quantitative estimate of drug-likeness (QED) is 0.746. The predicted molar refractivity (Wildman–Crippen MR) is 101 cm³/mol. The Hall–Kier alpha value is -3.33. The van der Waals surface area contributed by atoms with E-state index in [9.17, 15) is 9.59 Å². The van der Waals surface area contributed by atoms with Crippen LogP contribution in [0.15, 0.2) is 48.5 Å². The number of nitriles is 1. The molecule has 2 aromatic rings. The number of nitrogens with one attached hydrogen (secondary N) is 3. The van der Waals surface area contributed by atoms with Crippen molar-refractivity contribution in [2.75, 3.05) is 16.0 Å². The van der Waals surface area contributed by atoms with Crippen molar-refractivity contribution in [3.05, 3.63) is 54.1 Å². The van der Waals surface area contributed by atoms with Gasteiger partial charge in [0.1, 0.15) is 6.04 Å². The Balaban J connectivity index is 1.54. The number of carbonyl (C=O) groups excluding carboxylic acids is 2. The van der Waals surface area contributed by atoms with Crippen LogP contribution >= 0.6 is 0 Å². The van der Waals surface area contributed by atoms with Crippen LogP contribution in [0.3, 0.4) is 0 Å². The van der Waals surface area contributed by atoms with Crippen molar-refractivity contribution in [1.82, 2.24) is 0 Å². The minimum Gasteiger partial charge on any atom is -0.374 e. The summed E-state index contributed by atoms with van der Waals surface area (Å²) in [4.78, 5) is 24.0. The van der Waals surface area contributed by atoms with Crippen LogP contribution in [0, 0.1) is 17.2 Å². The highest BCUT2D eigenvalue weighted by Crippen LogP contribution is 2.30. The van der Waals surface area contributed by atoms with Gasteiger partial charge >= 0.3 is 0 Å². The molecule has 6 heteroatoms. The molecule has 1 unspecified atom stereocenters. The lowest BCUT2D eigenvalue weighted by Gasteiger charge is -2.16. The van der Waals surface area contributed by atoms with Gasteiger partial charge in [0.05, 0.1) is 11.6 Å². The van der Waals surface area contributed by atoms with Crippen LogP contribution in [0.5, 0.6) is 0 Å². The minimum atomic E-state index is -0.465. The van der Waals surface area contributed by atoms with Crippen molar-refractivity contribution >= 4 is 28.9 Å². The van der Waals surface area contributed by atoms with E-state index in [1.165, 1.54) is 0 Å². The molecule has 0 spiro atoms. The standard InChI is InChI=1S/C20H20N4O2/c1-13(19(25)24-18-4-2-3-14(11-18)12-21)22-16-7-9-17(10-8-16)23-20(26)15-5-6-15/h2-4,7-11,13,15,22H,5-6H2,1H3,(H,23,26)(H,24,25). The van der Waals surface area contributed by atoms with E-state index in [0.29, 0.717) is 11.3 Å². The second-order valence-corrected chi connectivity index (χ2v) is 6.39. The summed E-state index contributed by atoms with van der Waals surface area (Å²) in [5, 5.41) is 17.7. The Morgan fingerprint density at radius 2 is 1.73 bits per heavy atom. The molecular formula is C20H20N4O2. The number of nitrogens with zero attached hydrogens (tertiary/aromatic N) is 1. The smallest absolute Gasteiger partial charge is 0.246 e. The van der Waals surface area contributed by atoms with Crippen molar-refractivity contribution in [3.63, 3.8) is 0 Å². The number of benzene rings is 2. The Morgan fingerprint density at radius 1 is 1.04 bits per heavy atom. The molecule has 6 nitrogen and oxygen atoms in total. The highest BCUT2D eigenvalue weighted by atomic mass is 16.2. The molecular weight excluding hydrogens is 328 g/mol. The van der Waals surface area contributed by atoms with Gasteiger partial charge in [0.25, 0.3) is 0 Å². The minimum absolute atomic E-state index is 0.0676. The SMILES string of the molecule is CC(Nc1ccc(NC(=O)C2CC2)cc1)C(=O)Nc1cccc(C#N)c1. The molecule has 2 aromatic carbocycles. The molecule has 0 bridgehead atoms. The molecule has 132 valence electrons. The average molecular weight is 348 g/mol.